The van der Waals surface area contributed by atoms with E-state index in [2.05, 4.69) is 4.98 Å². The van der Waals surface area contributed by atoms with E-state index in [1.54, 1.807) is 19.5 Å². The van der Waals surface area contributed by atoms with Crippen molar-refractivity contribution in [2.45, 2.75) is 24.9 Å². The number of pyridine rings is 1. The lowest BCUT2D eigenvalue weighted by molar-refractivity contribution is -0.141. The summed E-state index contributed by atoms with van der Waals surface area (Å²) in [6.45, 7) is 1.46. The highest BCUT2D eigenvalue weighted by molar-refractivity contribution is 5.80. The van der Waals surface area contributed by atoms with Crippen LogP contribution in [0.15, 0.2) is 42.7 Å². The van der Waals surface area contributed by atoms with Crippen LogP contribution >= 0.6 is 0 Å². The number of hydrogen-bond acceptors (Lipinski definition) is 5. The number of nitrogens with zero attached hydrogens (tertiary/aromatic N) is 2. The monoisotopic (exact) mass is 368 g/mol. The molecule has 4 rings (SSSR count). The molecule has 1 aromatic carbocycles. The molecule has 1 N–H and O–H groups in total. The van der Waals surface area contributed by atoms with E-state index < -0.39 is 5.60 Å². The molecule has 1 atom stereocenters. The van der Waals surface area contributed by atoms with Gasteiger partial charge in [0.2, 0.25) is 5.91 Å². The average molecular weight is 368 g/mol. The average Bonchev–Trinajstić information content (AvgIpc) is 2.73. The van der Waals surface area contributed by atoms with Crippen molar-refractivity contribution in [2.24, 2.45) is 5.92 Å². The third-order valence-corrected chi connectivity index (χ3v) is 5.62. The van der Waals surface area contributed by atoms with Crippen LogP contribution in [-0.4, -0.2) is 47.7 Å². The summed E-state index contributed by atoms with van der Waals surface area (Å²) in [6, 6.07) is 9.42. The minimum Gasteiger partial charge on any atom is -0.497 e. The van der Waals surface area contributed by atoms with Crippen molar-refractivity contribution in [1.29, 1.82) is 0 Å². The van der Waals surface area contributed by atoms with Crippen molar-refractivity contribution in [2.75, 3.05) is 26.8 Å². The van der Waals surface area contributed by atoms with Gasteiger partial charge in [0.15, 0.2) is 0 Å². The molecule has 1 saturated heterocycles. The molecule has 2 aliphatic heterocycles. The summed E-state index contributed by atoms with van der Waals surface area (Å²) >= 11 is 0. The zero-order valence-electron chi connectivity index (χ0n) is 15.4. The van der Waals surface area contributed by atoms with Crippen LogP contribution < -0.4 is 9.47 Å². The standard InChI is InChI=1S/C21H24N2O4/c1-26-18-4-5-19-15(12-18)11-16(14-27-19)20(24)23-9-6-21(25,7-10-23)17-3-2-8-22-13-17/h2-5,8,12-13,16,25H,6-7,9-11,14H2,1H3. The van der Waals surface area contributed by atoms with Crippen LogP contribution in [0.25, 0.3) is 0 Å². The molecule has 1 unspecified atom stereocenters. The van der Waals surface area contributed by atoms with Gasteiger partial charge in [-0.3, -0.25) is 9.78 Å². The molecule has 1 fully saturated rings. The number of benzene rings is 1. The smallest absolute Gasteiger partial charge is 0.229 e. The van der Waals surface area contributed by atoms with E-state index in [4.69, 9.17) is 9.47 Å². The number of amides is 1. The third-order valence-electron chi connectivity index (χ3n) is 5.62. The van der Waals surface area contributed by atoms with Gasteiger partial charge in [0.25, 0.3) is 0 Å². The fourth-order valence-electron chi connectivity index (χ4n) is 3.94. The maximum atomic E-state index is 13.0. The number of methoxy groups -OCH3 is 1. The number of fused-ring (bicyclic) bond motifs is 1. The summed E-state index contributed by atoms with van der Waals surface area (Å²) in [5, 5.41) is 10.9. The van der Waals surface area contributed by atoms with Crippen LogP contribution in [0.3, 0.4) is 0 Å². The Labute approximate surface area is 158 Å². The van der Waals surface area contributed by atoms with E-state index in [0.29, 0.717) is 39.0 Å². The number of piperidine rings is 1. The zero-order valence-corrected chi connectivity index (χ0v) is 15.4. The van der Waals surface area contributed by atoms with Gasteiger partial charge in [-0.25, -0.2) is 0 Å². The maximum Gasteiger partial charge on any atom is 0.229 e. The number of carbonyl (C=O) groups is 1. The molecule has 6 nitrogen and oxygen atoms in total. The molecule has 27 heavy (non-hydrogen) atoms. The molecule has 142 valence electrons. The minimum atomic E-state index is -0.909. The lowest BCUT2D eigenvalue weighted by atomic mass is 9.84. The fourth-order valence-corrected chi connectivity index (χ4v) is 3.94. The SMILES string of the molecule is COc1ccc2c(c1)CC(C(=O)N1CCC(O)(c3cccnc3)CC1)CO2. The first-order chi connectivity index (χ1) is 13.1. The van der Waals surface area contributed by atoms with Gasteiger partial charge in [-0.05, 0) is 49.1 Å². The van der Waals surface area contributed by atoms with Crippen molar-refractivity contribution in [1.82, 2.24) is 9.88 Å². The molecular weight excluding hydrogens is 344 g/mol. The van der Waals surface area contributed by atoms with Gasteiger partial charge in [-0.15, -0.1) is 0 Å². The maximum absolute atomic E-state index is 13.0. The lowest BCUT2D eigenvalue weighted by Gasteiger charge is -2.40. The third kappa shape index (κ3) is 3.49. The highest BCUT2D eigenvalue weighted by Gasteiger charge is 2.38. The molecule has 0 aliphatic carbocycles. The number of aliphatic hydroxyl groups is 1. The summed E-state index contributed by atoms with van der Waals surface area (Å²) in [6.07, 6.45) is 5.08. The Morgan fingerprint density at radius 1 is 1.33 bits per heavy atom. The van der Waals surface area contributed by atoms with Gasteiger partial charge < -0.3 is 19.5 Å². The Kier molecular flexibility index (Phi) is 4.74. The molecular formula is C21H24N2O4. The summed E-state index contributed by atoms with van der Waals surface area (Å²) in [4.78, 5) is 18.9. The van der Waals surface area contributed by atoms with Gasteiger partial charge in [-0.1, -0.05) is 6.07 Å². The van der Waals surface area contributed by atoms with E-state index in [-0.39, 0.29) is 11.8 Å². The second kappa shape index (κ2) is 7.19. The number of rotatable bonds is 3. The van der Waals surface area contributed by atoms with Crippen LogP contribution in [-0.2, 0) is 16.8 Å². The molecule has 2 aliphatic rings. The van der Waals surface area contributed by atoms with Crippen LogP contribution in [0.1, 0.15) is 24.0 Å². The van der Waals surface area contributed by atoms with E-state index in [1.165, 1.54) is 0 Å². The van der Waals surface area contributed by atoms with Crippen LogP contribution in [0.4, 0.5) is 0 Å². The van der Waals surface area contributed by atoms with Crippen molar-refractivity contribution in [3.05, 3.63) is 53.9 Å². The predicted molar refractivity (Wildman–Crippen MR) is 99.6 cm³/mol. The summed E-state index contributed by atoms with van der Waals surface area (Å²) in [5.41, 5.74) is 0.913. The van der Waals surface area contributed by atoms with E-state index >= 15 is 0 Å². The van der Waals surface area contributed by atoms with Crippen LogP contribution in [0.5, 0.6) is 11.5 Å². The van der Waals surface area contributed by atoms with E-state index in [9.17, 15) is 9.90 Å². The first-order valence-electron chi connectivity index (χ1n) is 9.30. The van der Waals surface area contributed by atoms with Crippen molar-refractivity contribution < 1.29 is 19.4 Å². The topological polar surface area (TPSA) is 71.9 Å². The highest BCUT2D eigenvalue weighted by Crippen LogP contribution is 2.35. The lowest BCUT2D eigenvalue weighted by Crippen LogP contribution is -2.48. The van der Waals surface area contributed by atoms with E-state index in [0.717, 1.165) is 22.6 Å². The Bertz CT molecular complexity index is 816. The molecule has 0 bridgehead atoms. The Morgan fingerprint density at radius 3 is 2.85 bits per heavy atom. The Morgan fingerprint density at radius 2 is 2.15 bits per heavy atom. The number of hydrogen-bond donors (Lipinski definition) is 1. The summed E-state index contributed by atoms with van der Waals surface area (Å²) in [7, 11) is 1.63. The first kappa shape index (κ1) is 17.8. The molecule has 0 spiro atoms. The van der Waals surface area contributed by atoms with Crippen molar-refractivity contribution >= 4 is 5.91 Å². The van der Waals surface area contributed by atoms with Crippen LogP contribution in [0.2, 0.25) is 0 Å². The largest absolute Gasteiger partial charge is 0.497 e. The van der Waals surface area contributed by atoms with Gasteiger partial charge in [0, 0.05) is 31.0 Å². The van der Waals surface area contributed by atoms with Gasteiger partial charge >= 0.3 is 0 Å². The fraction of sp³-hybridized carbons (Fsp3) is 0.429. The Hall–Kier alpha value is -2.60. The molecule has 0 saturated carbocycles. The Balaban J connectivity index is 1.41. The molecule has 0 radical (unpaired) electrons. The van der Waals surface area contributed by atoms with Gasteiger partial charge in [0.1, 0.15) is 18.1 Å². The van der Waals surface area contributed by atoms with E-state index in [1.807, 2.05) is 35.2 Å². The number of likely N-dealkylation sites (tertiary alicyclic amines) is 1. The number of aromatic nitrogens is 1. The van der Waals surface area contributed by atoms with Crippen molar-refractivity contribution in [3.8, 4) is 11.5 Å². The first-order valence-corrected chi connectivity index (χ1v) is 9.30. The minimum absolute atomic E-state index is 0.0942. The summed E-state index contributed by atoms with van der Waals surface area (Å²) in [5.74, 6) is 1.49. The zero-order chi connectivity index (χ0) is 18.9. The number of carbonyl (C=O) groups excluding carboxylic acids is 1. The highest BCUT2D eigenvalue weighted by atomic mass is 16.5. The molecule has 1 aromatic heterocycles. The number of ether oxygens (including phenoxy) is 2. The molecule has 1 amide bonds. The van der Waals surface area contributed by atoms with Crippen LogP contribution in [0, 0.1) is 5.92 Å². The normalized spacial score (nSPS) is 21.1. The molecule has 6 heteroatoms. The summed E-state index contributed by atoms with van der Waals surface area (Å²) < 4.78 is 11.1. The predicted octanol–water partition coefficient (Wildman–Crippen LogP) is 2.15. The van der Waals surface area contributed by atoms with Gasteiger partial charge in [-0.2, -0.15) is 0 Å². The van der Waals surface area contributed by atoms with Crippen molar-refractivity contribution in [3.63, 3.8) is 0 Å². The second-order valence-corrected chi connectivity index (χ2v) is 7.28. The second-order valence-electron chi connectivity index (χ2n) is 7.28. The molecule has 3 heterocycles. The van der Waals surface area contributed by atoms with Gasteiger partial charge in [0.05, 0.1) is 18.6 Å². The quantitative estimate of drug-likeness (QED) is 0.899. The molecule has 2 aromatic rings.